The molecule has 2 heteroatoms. The molecule has 0 aromatic rings. The van der Waals surface area contributed by atoms with Crippen molar-refractivity contribution < 1.29 is 4.74 Å². The monoisotopic (exact) mass is 213 g/mol. The number of rotatable bonds is 6. The normalized spacial score (nSPS) is 27.2. The molecule has 0 aromatic carbocycles. The van der Waals surface area contributed by atoms with E-state index in [1.54, 1.807) is 0 Å². The molecule has 1 saturated carbocycles. The molecule has 0 heterocycles. The summed E-state index contributed by atoms with van der Waals surface area (Å²) in [5, 5.41) is 3.42. The van der Waals surface area contributed by atoms with E-state index in [1.807, 2.05) is 0 Å². The predicted octanol–water partition coefficient (Wildman–Crippen LogP) is 2.97. The van der Waals surface area contributed by atoms with Crippen molar-refractivity contribution in [3.8, 4) is 0 Å². The van der Waals surface area contributed by atoms with Crippen LogP contribution in [0.5, 0.6) is 0 Å². The molecule has 1 fully saturated rings. The molecule has 15 heavy (non-hydrogen) atoms. The maximum atomic E-state index is 5.91. The van der Waals surface area contributed by atoms with Gasteiger partial charge in [-0.25, -0.2) is 0 Å². The minimum Gasteiger partial charge on any atom is -0.376 e. The molecule has 1 aliphatic carbocycles. The minimum atomic E-state index is 0.0632. The molecule has 2 nitrogen and oxygen atoms in total. The Bertz CT molecular complexity index is 179. The minimum absolute atomic E-state index is 0.0632. The molecule has 0 aromatic heterocycles. The lowest BCUT2D eigenvalue weighted by Crippen LogP contribution is -2.31. The van der Waals surface area contributed by atoms with Crippen LogP contribution in [0.2, 0.25) is 0 Å². The van der Waals surface area contributed by atoms with Crippen molar-refractivity contribution in [3.63, 3.8) is 0 Å². The summed E-state index contributed by atoms with van der Waals surface area (Å²) >= 11 is 0. The lowest BCUT2D eigenvalue weighted by molar-refractivity contribution is -0.0263. The zero-order chi connectivity index (χ0) is 11.3. The third kappa shape index (κ3) is 4.12. The molecule has 0 amide bonds. The van der Waals surface area contributed by atoms with Gasteiger partial charge in [0.25, 0.3) is 0 Å². The van der Waals surface area contributed by atoms with E-state index >= 15 is 0 Å². The summed E-state index contributed by atoms with van der Waals surface area (Å²) in [6, 6.07) is 0.735. The third-order valence-electron chi connectivity index (χ3n) is 3.86. The second-order valence-corrected chi connectivity index (χ2v) is 5.34. The number of hydrogen-bond acceptors (Lipinski definition) is 2. The largest absolute Gasteiger partial charge is 0.376 e. The van der Waals surface area contributed by atoms with Gasteiger partial charge in [0, 0.05) is 12.6 Å². The lowest BCUT2D eigenvalue weighted by atomic mass is 10.00. The summed E-state index contributed by atoms with van der Waals surface area (Å²) < 4.78 is 5.91. The zero-order valence-electron chi connectivity index (χ0n) is 10.8. The van der Waals surface area contributed by atoms with Crippen molar-refractivity contribution in [2.24, 2.45) is 5.92 Å². The number of ether oxygens (including phenoxy) is 1. The Hall–Kier alpha value is -0.0800. The van der Waals surface area contributed by atoms with Crippen LogP contribution in [0.3, 0.4) is 0 Å². The first-order valence-corrected chi connectivity index (χ1v) is 6.40. The third-order valence-corrected chi connectivity index (χ3v) is 3.86. The molecule has 0 spiro atoms. The number of nitrogens with one attached hydrogen (secondary N) is 1. The van der Waals surface area contributed by atoms with Crippen LogP contribution in [0.1, 0.15) is 52.9 Å². The first-order valence-electron chi connectivity index (χ1n) is 6.40. The Balaban J connectivity index is 2.19. The molecule has 1 rings (SSSR count). The molecule has 2 atom stereocenters. The fourth-order valence-corrected chi connectivity index (χ4v) is 2.35. The summed E-state index contributed by atoms with van der Waals surface area (Å²) in [4.78, 5) is 0. The molecule has 1 N–H and O–H groups in total. The van der Waals surface area contributed by atoms with Gasteiger partial charge in [-0.2, -0.15) is 0 Å². The maximum Gasteiger partial charge on any atom is 0.0623 e. The van der Waals surface area contributed by atoms with E-state index in [4.69, 9.17) is 4.74 Å². The molecule has 90 valence electrons. The Morgan fingerprint density at radius 3 is 2.67 bits per heavy atom. The molecule has 0 aliphatic heterocycles. The first kappa shape index (κ1) is 13.0. The van der Waals surface area contributed by atoms with Gasteiger partial charge in [-0.15, -0.1) is 0 Å². The fraction of sp³-hybridized carbons (Fsp3) is 1.00. The fourth-order valence-electron chi connectivity index (χ4n) is 2.35. The van der Waals surface area contributed by atoms with Gasteiger partial charge >= 0.3 is 0 Å². The van der Waals surface area contributed by atoms with Crippen LogP contribution in [-0.2, 0) is 4.74 Å². The smallest absolute Gasteiger partial charge is 0.0623 e. The van der Waals surface area contributed by atoms with Crippen LogP contribution in [0.25, 0.3) is 0 Å². The maximum absolute atomic E-state index is 5.91. The second kappa shape index (κ2) is 5.86. The van der Waals surface area contributed by atoms with Crippen LogP contribution >= 0.6 is 0 Å². The molecule has 0 bridgehead atoms. The van der Waals surface area contributed by atoms with E-state index in [-0.39, 0.29) is 5.60 Å². The summed E-state index contributed by atoms with van der Waals surface area (Å²) in [5.74, 6) is 0.836. The van der Waals surface area contributed by atoms with Gasteiger partial charge in [-0.05, 0) is 52.5 Å². The average molecular weight is 213 g/mol. The highest BCUT2D eigenvalue weighted by atomic mass is 16.5. The highest BCUT2D eigenvalue weighted by molar-refractivity contribution is 4.82. The van der Waals surface area contributed by atoms with E-state index in [9.17, 15) is 0 Å². The van der Waals surface area contributed by atoms with E-state index in [1.165, 1.54) is 25.7 Å². The van der Waals surface area contributed by atoms with Crippen molar-refractivity contribution in [2.75, 3.05) is 13.7 Å². The van der Waals surface area contributed by atoms with Crippen LogP contribution in [0, 0.1) is 5.92 Å². The quantitative estimate of drug-likeness (QED) is 0.732. The standard InChI is InChI=1S/C13H27NO/c1-5-13(2,3)15-10-9-11-7-6-8-12(11)14-4/h11-12,14H,5-10H2,1-4H3. The molecule has 2 unspecified atom stereocenters. The highest BCUT2D eigenvalue weighted by Gasteiger charge is 2.26. The van der Waals surface area contributed by atoms with Crippen molar-refractivity contribution >= 4 is 0 Å². The first-order chi connectivity index (χ1) is 7.09. The van der Waals surface area contributed by atoms with E-state index < -0.39 is 0 Å². The van der Waals surface area contributed by atoms with Gasteiger partial charge in [0.1, 0.15) is 0 Å². The summed E-state index contributed by atoms with van der Waals surface area (Å²) in [5.41, 5.74) is 0.0632. The molecular formula is C13H27NO. The topological polar surface area (TPSA) is 21.3 Å². The molecule has 0 radical (unpaired) electrons. The van der Waals surface area contributed by atoms with Crippen molar-refractivity contribution in [1.29, 1.82) is 0 Å². The van der Waals surface area contributed by atoms with Gasteiger partial charge < -0.3 is 10.1 Å². The van der Waals surface area contributed by atoms with E-state index in [0.29, 0.717) is 0 Å². The zero-order valence-corrected chi connectivity index (χ0v) is 10.8. The summed E-state index contributed by atoms with van der Waals surface area (Å²) in [7, 11) is 2.08. The molecule has 0 saturated heterocycles. The Labute approximate surface area is 94.8 Å². The lowest BCUT2D eigenvalue weighted by Gasteiger charge is -2.25. The van der Waals surface area contributed by atoms with Crippen LogP contribution in [0.4, 0.5) is 0 Å². The predicted molar refractivity (Wildman–Crippen MR) is 65.1 cm³/mol. The average Bonchev–Trinajstić information content (AvgIpc) is 2.65. The SMILES string of the molecule is CCC(C)(C)OCCC1CCCC1NC. The van der Waals surface area contributed by atoms with Crippen LogP contribution in [-0.4, -0.2) is 25.3 Å². The number of hydrogen-bond donors (Lipinski definition) is 1. The molecular weight excluding hydrogens is 186 g/mol. The van der Waals surface area contributed by atoms with Gasteiger partial charge in [0.2, 0.25) is 0 Å². The summed E-state index contributed by atoms with van der Waals surface area (Å²) in [6.45, 7) is 7.46. The second-order valence-electron chi connectivity index (χ2n) is 5.34. The van der Waals surface area contributed by atoms with Gasteiger partial charge in [-0.3, -0.25) is 0 Å². The Morgan fingerprint density at radius 2 is 2.07 bits per heavy atom. The van der Waals surface area contributed by atoms with Crippen molar-refractivity contribution in [2.45, 2.75) is 64.5 Å². The summed E-state index contributed by atoms with van der Waals surface area (Å²) in [6.07, 6.45) is 6.41. The highest BCUT2D eigenvalue weighted by Crippen LogP contribution is 2.28. The van der Waals surface area contributed by atoms with Crippen molar-refractivity contribution in [1.82, 2.24) is 5.32 Å². The van der Waals surface area contributed by atoms with E-state index in [2.05, 4.69) is 33.1 Å². The van der Waals surface area contributed by atoms with Crippen molar-refractivity contribution in [3.05, 3.63) is 0 Å². The Kier molecular flexibility index (Phi) is 5.07. The van der Waals surface area contributed by atoms with Gasteiger partial charge in [0.15, 0.2) is 0 Å². The van der Waals surface area contributed by atoms with Crippen LogP contribution < -0.4 is 5.32 Å². The Morgan fingerprint density at radius 1 is 1.33 bits per heavy atom. The van der Waals surface area contributed by atoms with Gasteiger partial charge in [0.05, 0.1) is 5.60 Å². The molecule has 1 aliphatic rings. The van der Waals surface area contributed by atoms with E-state index in [0.717, 1.165) is 25.0 Å². The van der Waals surface area contributed by atoms with Crippen LogP contribution in [0.15, 0.2) is 0 Å². The van der Waals surface area contributed by atoms with Gasteiger partial charge in [-0.1, -0.05) is 13.3 Å².